The van der Waals surface area contributed by atoms with Crippen molar-refractivity contribution >= 4 is 23.6 Å². The van der Waals surface area contributed by atoms with Crippen LogP contribution in [0.3, 0.4) is 0 Å². The van der Waals surface area contributed by atoms with Crippen molar-refractivity contribution < 1.29 is 29.4 Å². The van der Waals surface area contributed by atoms with Crippen LogP contribution in [0.4, 0.5) is 0 Å². The van der Waals surface area contributed by atoms with Crippen LogP contribution in [0.1, 0.15) is 73.1 Å². The first-order valence-electron chi connectivity index (χ1n) is 12.0. The number of carbonyl (C=O) groups is 4. The fraction of sp³-hybridized carbons (Fsp3) is 0.385. The van der Waals surface area contributed by atoms with Gasteiger partial charge in [-0.05, 0) is 43.5 Å². The van der Waals surface area contributed by atoms with Crippen molar-refractivity contribution in [1.82, 2.24) is 21.7 Å². The van der Waals surface area contributed by atoms with Gasteiger partial charge in [0.1, 0.15) is 11.5 Å². The van der Waals surface area contributed by atoms with Crippen LogP contribution in [0.5, 0.6) is 11.5 Å². The van der Waals surface area contributed by atoms with E-state index in [1.54, 1.807) is 31.2 Å². The third-order valence-electron chi connectivity index (χ3n) is 5.90. The fourth-order valence-electron chi connectivity index (χ4n) is 3.60. The van der Waals surface area contributed by atoms with E-state index in [0.29, 0.717) is 19.3 Å². The largest absolute Gasteiger partial charge is 0.507 e. The summed E-state index contributed by atoms with van der Waals surface area (Å²) in [4.78, 5) is 48.8. The summed E-state index contributed by atoms with van der Waals surface area (Å²) >= 11 is 0. The summed E-state index contributed by atoms with van der Waals surface area (Å²) in [6.07, 6.45) is 4.20. The molecule has 4 amide bonds. The van der Waals surface area contributed by atoms with Crippen molar-refractivity contribution in [3.8, 4) is 11.5 Å². The number of unbranched alkanes of at least 4 members (excludes halogenated alkanes) is 2. The van der Waals surface area contributed by atoms with Gasteiger partial charge in [0, 0.05) is 11.8 Å². The lowest BCUT2D eigenvalue weighted by molar-refractivity contribution is -0.126. The van der Waals surface area contributed by atoms with Gasteiger partial charge in [0.05, 0.1) is 11.1 Å². The minimum Gasteiger partial charge on any atom is -0.507 e. The number of amides is 4. The molecule has 0 aliphatic heterocycles. The zero-order chi connectivity index (χ0) is 26.5. The molecule has 2 unspecified atom stereocenters. The van der Waals surface area contributed by atoms with E-state index in [1.807, 2.05) is 6.92 Å². The molecule has 10 heteroatoms. The normalized spacial score (nSPS) is 12.2. The van der Waals surface area contributed by atoms with Crippen molar-refractivity contribution in [2.75, 3.05) is 0 Å². The predicted molar refractivity (Wildman–Crippen MR) is 133 cm³/mol. The molecule has 36 heavy (non-hydrogen) atoms. The van der Waals surface area contributed by atoms with Gasteiger partial charge in [-0.2, -0.15) is 0 Å². The molecule has 0 aliphatic rings. The number of aromatic hydroxyl groups is 2. The summed E-state index contributed by atoms with van der Waals surface area (Å²) in [6.45, 7) is 3.65. The summed E-state index contributed by atoms with van der Waals surface area (Å²) in [5.41, 5.74) is 9.57. The highest BCUT2D eigenvalue weighted by molar-refractivity contribution is 5.98. The second-order valence-corrected chi connectivity index (χ2v) is 8.57. The van der Waals surface area contributed by atoms with E-state index < -0.39 is 11.8 Å². The maximum absolute atomic E-state index is 12.4. The Labute approximate surface area is 210 Å². The number of hydrazine groups is 2. The van der Waals surface area contributed by atoms with Crippen LogP contribution >= 0.6 is 0 Å². The van der Waals surface area contributed by atoms with Crippen LogP contribution < -0.4 is 21.7 Å². The zero-order valence-electron chi connectivity index (χ0n) is 20.5. The molecule has 2 rings (SSSR count). The molecule has 2 atom stereocenters. The summed E-state index contributed by atoms with van der Waals surface area (Å²) in [5.74, 6) is -2.77. The minimum atomic E-state index is -0.603. The highest BCUT2D eigenvalue weighted by Gasteiger charge is 2.19. The number of carbonyl (C=O) groups excluding carboxylic acids is 4. The van der Waals surface area contributed by atoms with Crippen LogP contribution in [0.25, 0.3) is 0 Å². The first kappa shape index (κ1) is 28.2. The van der Waals surface area contributed by atoms with E-state index in [0.717, 1.165) is 19.3 Å². The summed E-state index contributed by atoms with van der Waals surface area (Å²) in [7, 11) is 0. The summed E-state index contributed by atoms with van der Waals surface area (Å²) in [6, 6.07) is 12.1. The van der Waals surface area contributed by atoms with Crippen molar-refractivity contribution in [2.24, 2.45) is 11.8 Å². The summed E-state index contributed by atoms with van der Waals surface area (Å²) < 4.78 is 0. The maximum Gasteiger partial charge on any atom is 0.273 e. The van der Waals surface area contributed by atoms with Gasteiger partial charge in [-0.15, -0.1) is 0 Å². The first-order chi connectivity index (χ1) is 17.2. The monoisotopic (exact) mass is 498 g/mol. The topological polar surface area (TPSA) is 157 Å². The number of nitrogens with one attached hydrogen (secondary N) is 4. The van der Waals surface area contributed by atoms with Crippen LogP contribution in [0, 0.1) is 11.8 Å². The van der Waals surface area contributed by atoms with E-state index in [2.05, 4.69) is 21.7 Å². The van der Waals surface area contributed by atoms with Crippen LogP contribution in [-0.2, 0) is 9.59 Å². The Morgan fingerprint density at radius 2 is 1.17 bits per heavy atom. The van der Waals surface area contributed by atoms with Gasteiger partial charge in [-0.3, -0.25) is 40.9 Å². The number of phenols is 2. The molecular weight excluding hydrogens is 464 g/mol. The van der Waals surface area contributed by atoms with Gasteiger partial charge in [-0.1, -0.05) is 57.4 Å². The van der Waals surface area contributed by atoms with Crippen LogP contribution in [0.15, 0.2) is 48.5 Å². The predicted octanol–water partition coefficient (Wildman–Crippen LogP) is 2.93. The van der Waals surface area contributed by atoms with Crippen molar-refractivity contribution in [3.05, 3.63) is 59.7 Å². The van der Waals surface area contributed by atoms with E-state index in [-0.39, 0.29) is 46.3 Å². The van der Waals surface area contributed by atoms with Crippen LogP contribution in [0.2, 0.25) is 0 Å². The lowest BCUT2D eigenvalue weighted by Gasteiger charge is -2.16. The highest BCUT2D eigenvalue weighted by atomic mass is 16.3. The molecule has 0 saturated heterocycles. The number of para-hydroxylation sites is 2. The maximum atomic E-state index is 12.4. The Bertz CT molecular complexity index is 1060. The molecule has 2 aromatic carbocycles. The van der Waals surface area contributed by atoms with E-state index >= 15 is 0 Å². The number of hydrogen-bond acceptors (Lipinski definition) is 6. The Balaban J connectivity index is 1.64. The highest BCUT2D eigenvalue weighted by Crippen LogP contribution is 2.18. The van der Waals surface area contributed by atoms with Gasteiger partial charge in [-0.25, -0.2) is 0 Å². The third kappa shape index (κ3) is 8.61. The number of rotatable bonds is 11. The van der Waals surface area contributed by atoms with Gasteiger partial charge < -0.3 is 10.2 Å². The average molecular weight is 499 g/mol. The van der Waals surface area contributed by atoms with Gasteiger partial charge in [0.25, 0.3) is 11.8 Å². The molecule has 0 bridgehead atoms. The molecule has 0 aromatic heterocycles. The second-order valence-electron chi connectivity index (χ2n) is 8.57. The lowest BCUT2D eigenvalue weighted by Crippen LogP contribution is -2.44. The van der Waals surface area contributed by atoms with Crippen molar-refractivity contribution in [1.29, 1.82) is 0 Å². The standard InChI is InChI=1S/C26H34N4O6/c1-3-18(24(34)28-30-26(36)20-14-8-10-16-22(20)32)12-6-4-5-11-17(2)23(33)27-29-25(35)19-13-7-9-15-21(19)31/h7-10,13-18,31-32H,3-6,11-12H2,1-2H3,(H,27,33)(H,28,34)(H,29,35)(H,30,36). The molecule has 6 N–H and O–H groups in total. The molecule has 10 nitrogen and oxygen atoms in total. The third-order valence-corrected chi connectivity index (χ3v) is 5.90. The molecule has 0 heterocycles. The molecule has 0 spiro atoms. The molecule has 194 valence electrons. The fourth-order valence-corrected chi connectivity index (χ4v) is 3.60. The molecular formula is C26H34N4O6. The average Bonchev–Trinajstić information content (AvgIpc) is 2.87. The molecule has 0 aliphatic carbocycles. The SMILES string of the molecule is CCC(CCCCCC(C)C(=O)NNC(=O)c1ccccc1O)C(=O)NNC(=O)c1ccccc1O. The number of hydrogen-bond donors (Lipinski definition) is 6. The molecule has 0 radical (unpaired) electrons. The Hall–Kier alpha value is -4.08. The van der Waals surface area contributed by atoms with Crippen molar-refractivity contribution in [2.45, 2.75) is 52.4 Å². The Morgan fingerprint density at radius 1 is 0.694 bits per heavy atom. The van der Waals surface area contributed by atoms with Gasteiger partial charge >= 0.3 is 0 Å². The molecule has 0 saturated carbocycles. The van der Waals surface area contributed by atoms with E-state index in [9.17, 15) is 29.4 Å². The Kier molecular flexibility index (Phi) is 11.2. The van der Waals surface area contributed by atoms with E-state index in [1.165, 1.54) is 24.3 Å². The molecule has 0 fully saturated rings. The van der Waals surface area contributed by atoms with E-state index in [4.69, 9.17) is 0 Å². The van der Waals surface area contributed by atoms with Gasteiger partial charge in [0.15, 0.2) is 0 Å². The minimum absolute atomic E-state index is 0.0674. The second kappa shape index (κ2) is 14.3. The number of phenolic OH excluding ortho intramolecular Hbond substituents is 2. The molecule has 2 aromatic rings. The van der Waals surface area contributed by atoms with Crippen molar-refractivity contribution in [3.63, 3.8) is 0 Å². The number of benzene rings is 2. The lowest BCUT2D eigenvalue weighted by atomic mass is 9.96. The van der Waals surface area contributed by atoms with Crippen LogP contribution in [-0.4, -0.2) is 33.8 Å². The summed E-state index contributed by atoms with van der Waals surface area (Å²) in [5, 5.41) is 19.4. The smallest absolute Gasteiger partial charge is 0.273 e. The quantitative estimate of drug-likeness (QED) is 0.207. The van der Waals surface area contributed by atoms with Gasteiger partial charge in [0.2, 0.25) is 11.8 Å². The first-order valence-corrected chi connectivity index (χ1v) is 12.0. The Morgan fingerprint density at radius 3 is 1.67 bits per heavy atom. The zero-order valence-corrected chi connectivity index (χ0v) is 20.5.